The zero-order chi connectivity index (χ0) is 21.8. The lowest BCUT2D eigenvalue weighted by molar-refractivity contribution is 0.101. The minimum Gasteiger partial charge on any atom is -0.481 e. The molecule has 10 heteroatoms. The van der Waals surface area contributed by atoms with Gasteiger partial charge in [-0.05, 0) is 30.2 Å². The summed E-state index contributed by atoms with van der Waals surface area (Å²) < 4.78 is 38.3. The summed E-state index contributed by atoms with van der Waals surface area (Å²) in [6, 6.07) is 8.10. The third kappa shape index (κ3) is 4.62. The third-order valence-corrected chi connectivity index (χ3v) is 5.55. The van der Waals surface area contributed by atoms with Crippen LogP contribution in [0.4, 0.5) is 14.7 Å². The van der Waals surface area contributed by atoms with Crippen molar-refractivity contribution in [3.63, 3.8) is 0 Å². The molecule has 0 bridgehead atoms. The van der Waals surface area contributed by atoms with Gasteiger partial charge in [0.1, 0.15) is 19.1 Å². The number of pyridine rings is 1. The van der Waals surface area contributed by atoms with E-state index in [1.807, 2.05) is 10.6 Å². The van der Waals surface area contributed by atoms with Gasteiger partial charge in [-0.3, -0.25) is 4.57 Å². The monoisotopic (exact) mass is 449 g/mol. The van der Waals surface area contributed by atoms with Crippen molar-refractivity contribution in [3.05, 3.63) is 58.8 Å². The molecule has 3 heterocycles. The van der Waals surface area contributed by atoms with Gasteiger partial charge in [-0.15, -0.1) is 10.2 Å². The number of rotatable bonds is 8. The maximum atomic E-state index is 13.4. The molecule has 0 amide bonds. The van der Waals surface area contributed by atoms with Gasteiger partial charge >= 0.3 is 0 Å². The van der Waals surface area contributed by atoms with E-state index < -0.39 is 6.67 Å². The van der Waals surface area contributed by atoms with Crippen molar-refractivity contribution in [2.45, 2.75) is 18.9 Å². The Morgan fingerprint density at radius 3 is 2.81 bits per heavy atom. The van der Waals surface area contributed by atoms with Crippen LogP contribution in [-0.4, -0.2) is 53.2 Å². The van der Waals surface area contributed by atoms with E-state index in [1.54, 1.807) is 25.4 Å². The Hall–Kier alpha value is -2.78. The van der Waals surface area contributed by atoms with Crippen molar-refractivity contribution in [1.29, 1.82) is 0 Å². The quantitative estimate of drug-likeness (QED) is 0.485. The molecule has 1 atom stereocenters. The highest BCUT2D eigenvalue weighted by molar-refractivity contribution is 6.31. The summed E-state index contributed by atoms with van der Waals surface area (Å²) in [5.74, 6) is 1.44. The summed E-state index contributed by atoms with van der Waals surface area (Å²) in [5.41, 5.74) is 1.65. The maximum absolute atomic E-state index is 13.4. The lowest BCUT2D eigenvalue weighted by Crippen LogP contribution is -2.23. The van der Waals surface area contributed by atoms with E-state index >= 15 is 0 Å². The molecule has 164 valence electrons. The number of anilines is 1. The summed E-state index contributed by atoms with van der Waals surface area (Å²) in [6.07, 6.45) is 2.50. The molecular formula is C21H22ClF2N5O2. The zero-order valence-corrected chi connectivity index (χ0v) is 17.7. The van der Waals surface area contributed by atoms with Crippen molar-refractivity contribution in [2.24, 2.45) is 0 Å². The number of methoxy groups -OCH3 is 1. The Balaban J connectivity index is 1.62. The number of ether oxygens (including phenoxy) is 2. The van der Waals surface area contributed by atoms with Crippen LogP contribution in [0.25, 0.3) is 5.69 Å². The van der Waals surface area contributed by atoms with E-state index in [2.05, 4.69) is 20.1 Å². The second-order valence-electron chi connectivity index (χ2n) is 7.15. The average molecular weight is 450 g/mol. The number of aromatic nitrogens is 4. The number of alkyl halides is 1. The van der Waals surface area contributed by atoms with Gasteiger partial charge in [0, 0.05) is 30.1 Å². The summed E-state index contributed by atoms with van der Waals surface area (Å²) in [5, 5.41) is 9.07. The van der Waals surface area contributed by atoms with Gasteiger partial charge in [0.05, 0.1) is 25.6 Å². The number of nitrogens with zero attached hydrogens (tertiary/aromatic N) is 5. The lowest BCUT2D eigenvalue weighted by Gasteiger charge is -2.20. The molecule has 1 aliphatic heterocycles. The number of hydrogen-bond acceptors (Lipinski definition) is 6. The predicted octanol–water partition coefficient (Wildman–Crippen LogP) is 3.94. The zero-order valence-electron chi connectivity index (χ0n) is 17.0. The molecule has 4 rings (SSSR count). The molecule has 0 saturated carbocycles. The fourth-order valence-corrected chi connectivity index (χ4v) is 4.06. The van der Waals surface area contributed by atoms with E-state index in [4.69, 9.17) is 21.1 Å². The highest BCUT2D eigenvalue weighted by Crippen LogP contribution is 2.35. The molecule has 1 aliphatic rings. The van der Waals surface area contributed by atoms with Crippen LogP contribution in [0, 0.1) is 5.82 Å². The van der Waals surface area contributed by atoms with E-state index in [1.165, 1.54) is 12.1 Å². The summed E-state index contributed by atoms with van der Waals surface area (Å²) in [6.45, 7) is 0.906. The highest BCUT2D eigenvalue weighted by Gasteiger charge is 2.30. The van der Waals surface area contributed by atoms with E-state index in [9.17, 15) is 8.78 Å². The van der Waals surface area contributed by atoms with Crippen LogP contribution in [0.15, 0.2) is 36.5 Å². The van der Waals surface area contributed by atoms with Crippen LogP contribution in [0.3, 0.4) is 0 Å². The Bertz CT molecular complexity index is 1030. The van der Waals surface area contributed by atoms with Gasteiger partial charge in [0.25, 0.3) is 0 Å². The predicted molar refractivity (Wildman–Crippen MR) is 112 cm³/mol. The molecule has 1 fully saturated rings. The normalized spacial score (nSPS) is 16.1. The van der Waals surface area contributed by atoms with Gasteiger partial charge in [0.2, 0.25) is 11.8 Å². The van der Waals surface area contributed by atoms with Crippen LogP contribution in [0.5, 0.6) is 5.88 Å². The van der Waals surface area contributed by atoms with Crippen molar-refractivity contribution in [2.75, 3.05) is 38.4 Å². The second-order valence-corrected chi connectivity index (χ2v) is 7.56. The average Bonchev–Trinajstić information content (AvgIpc) is 3.41. The van der Waals surface area contributed by atoms with Gasteiger partial charge < -0.3 is 14.4 Å². The topological polar surface area (TPSA) is 65.3 Å². The number of benzene rings is 1. The third-order valence-electron chi connectivity index (χ3n) is 5.23. The Morgan fingerprint density at radius 2 is 2.10 bits per heavy atom. The highest BCUT2D eigenvalue weighted by atomic mass is 35.5. The van der Waals surface area contributed by atoms with Crippen LogP contribution < -0.4 is 9.64 Å². The van der Waals surface area contributed by atoms with Gasteiger partial charge in [0.15, 0.2) is 5.82 Å². The molecular weight excluding hydrogens is 428 g/mol. The molecule has 0 unspecified atom stereocenters. The smallest absolute Gasteiger partial charge is 0.232 e. The molecule has 0 aliphatic carbocycles. The lowest BCUT2D eigenvalue weighted by atomic mass is 9.98. The fourth-order valence-electron chi connectivity index (χ4n) is 3.74. The van der Waals surface area contributed by atoms with Gasteiger partial charge in [-0.2, -0.15) is 0 Å². The van der Waals surface area contributed by atoms with Crippen LogP contribution in [0.1, 0.15) is 23.7 Å². The molecule has 1 aromatic carbocycles. The molecule has 31 heavy (non-hydrogen) atoms. The minimum absolute atomic E-state index is 0.0160. The first kappa shape index (κ1) is 21.5. The summed E-state index contributed by atoms with van der Waals surface area (Å²) in [7, 11) is 1.55. The maximum Gasteiger partial charge on any atom is 0.232 e. The van der Waals surface area contributed by atoms with E-state index in [0.29, 0.717) is 29.2 Å². The van der Waals surface area contributed by atoms with Gasteiger partial charge in [-0.25, -0.2) is 13.8 Å². The molecule has 0 spiro atoms. The van der Waals surface area contributed by atoms with Crippen molar-refractivity contribution in [3.8, 4) is 11.6 Å². The first-order chi connectivity index (χ1) is 15.1. The summed E-state index contributed by atoms with van der Waals surface area (Å²) >= 11 is 6.28. The molecule has 1 saturated heterocycles. The molecule has 3 aromatic rings. The molecule has 0 radical (unpaired) electrons. The summed E-state index contributed by atoms with van der Waals surface area (Å²) in [4.78, 5) is 6.37. The SMILES string of the molecule is COc1ccc(-n2c(COCCF)nnc2N2CC[C@@H](c3ccc(F)cc3Cl)C2)cn1. The molecule has 7 nitrogen and oxygen atoms in total. The second kappa shape index (κ2) is 9.57. The Kier molecular flexibility index (Phi) is 6.62. The van der Waals surface area contributed by atoms with Crippen molar-refractivity contribution in [1.82, 2.24) is 19.7 Å². The first-order valence-corrected chi connectivity index (χ1v) is 10.3. The van der Waals surface area contributed by atoms with Crippen LogP contribution in [0.2, 0.25) is 5.02 Å². The standard InChI is InChI=1S/C21H22ClF2N5O2/c1-30-20-5-3-16(11-25-20)29-19(13-31-9-7-23)26-27-21(29)28-8-6-14(12-28)17-4-2-15(24)10-18(17)22/h2-5,10-11,14H,6-9,12-13H2,1H3/t14-/m1/s1. The van der Waals surface area contributed by atoms with Crippen molar-refractivity contribution < 1.29 is 18.3 Å². The number of hydrogen-bond donors (Lipinski definition) is 0. The first-order valence-electron chi connectivity index (χ1n) is 9.89. The Labute approximate surface area is 183 Å². The minimum atomic E-state index is -0.572. The molecule has 2 aromatic heterocycles. The van der Waals surface area contributed by atoms with E-state index in [-0.39, 0.29) is 24.9 Å². The fraction of sp³-hybridized carbons (Fsp3) is 0.381. The Morgan fingerprint density at radius 1 is 1.23 bits per heavy atom. The van der Waals surface area contributed by atoms with Crippen molar-refractivity contribution >= 4 is 17.5 Å². The van der Waals surface area contributed by atoms with Gasteiger partial charge in [-0.1, -0.05) is 17.7 Å². The van der Waals surface area contributed by atoms with Crippen LogP contribution in [-0.2, 0) is 11.3 Å². The van der Waals surface area contributed by atoms with E-state index in [0.717, 1.165) is 24.2 Å². The largest absolute Gasteiger partial charge is 0.481 e. The molecule has 0 N–H and O–H groups in total. The number of halogens is 3. The van der Waals surface area contributed by atoms with Crippen LogP contribution >= 0.6 is 11.6 Å².